The van der Waals surface area contributed by atoms with Crippen molar-refractivity contribution in [3.8, 4) is 5.75 Å². The van der Waals surface area contributed by atoms with E-state index in [1.807, 2.05) is 0 Å². The Morgan fingerprint density at radius 3 is 2.00 bits per heavy atom. The smallest absolute Gasteiger partial charge is 0.242 e. The fourth-order valence-corrected chi connectivity index (χ4v) is 11.8. The van der Waals surface area contributed by atoms with Crippen LogP contribution in [0.15, 0.2) is 12.1 Å². The quantitative estimate of drug-likeness (QED) is 0.306. The van der Waals surface area contributed by atoms with E-state index in [1.165, 1.54) is 31.4 Å². The van der Waals surface area contributed by atoms with Crippen LogP contribution in [0, 0.1) is 17.3 Å². The molecule has 2 fully saturated rings. The second kappa shape index (κ2) is 10.2. The van der Waals surface area contributed by atoms with Gasteiger partial charge in [-0.15, -0.1) is 0 Å². The van der Waals surface area contributed by atoms with Crippen LogP contribution in [-0.2, 0) is 15.3 Å². The van der Waals surface area contributed by atoms with Crippen molar-refractivity contribution in [1.29, 1.82) is 0 Å². The van der Waals surface area contributed by atoms with Crippen LogP contribution in [-0.4, -0.2) is 45.4 Å². The lowest BCUT2D eigenvalue weighted by atomic mass is 9.55. The molecule has 4 rings (SSSR count). The maximum Gasteiger partial charge on any atom is 0.242 e. The highest BCUT2D eigenvalue weighted by Crippen LogP contribution is 2.63. The summed E-state index contributed by atoms with van der Waals surface area (Å²) in [7, 11) is -6.63. The van der Waals surface area contributed by atoms with E-state index in [2.05, 4.69) is 103 Å². The van der Waals surface area contributed by atoms with Crippen molar-refractivity contribution in [3.05, 3.63) is 23.3 Å². The first-order chi connectivity index (χ1) is 17.2. The van der Waals surface area contributed by atoms with E-state index in [1.54, 1.807) is 11.1 Å². The maximum atomic E-state index is 7.03. The minimum absolute atomic E-state index is 0.212. The molecule has 0 bridgehead atoms. The largest absolute Gasteiger partial charge is 0.543 e. The van der Waals surface area contributed by atoms with E-state index in [9.17, 15) is 0 Å². The highest BCUT2D eigenvalue weighted by molar-refractivity contribution is 6.79. The van der Waals surface area contributed by atoms with Gasteiger partial charge >= 0.3 is 0 Å². The molecule has 6 atom stereocenters. The van der Waals surface area contributed by atoms with E-state index in [0.29, 0.717) is 17.8 Å². The van der Waals surface area contributed by atoms with E-state index >= 15 is 0 Å². The molecule has 3 aliphatic carbocycles. The molecule has 1 aromatic carbocycles. The van der Waals surface area contributed by atoms with Gasteiger partial charge in [0.15, 0.2) is 16.6 Å². The third-order valence-corrected chi connectivity index (χ3v) is 12.5. The summed E-state index contributed by atoms with van der Waals surface area (Å²) in [6.07, 6.45) is 6.58. The van der Waals surface area contributed by atoms with Crippen LogP contribution >= 0.6 is 0 Å². The van der Waals surface area contributed by atoms with E-state index in [0.717, 1.165) is 12.2 Å². The van der Waals surface area contributed by atoms with Crippen LogP contribution in [0.2, 0.25) is 78.6 Å². The standard InChI is InChI=1S/C30H57NO3Si4/c1-30-19-18-22-21-16-17-26(32-36(5,6)7)28(31-35(2,3)4)24(21)15-14-23(22)25(30)20-27(33-37(8,9)10)29(30)34-38(11,12)13/h16-17,22-23,25,27,29,31H,14-15,18-20H2,1-13H3/t22-,23-,25+,27-,29+,30+/m1/s1. The molecule has 0 saturated heterocycles. The topological polar surface area (TPSA) is 39.7 Å². The maximum absolute atomic E-state index is 7.03. The molecular weight excluding hydrogens is 535 g/mol. The Balaban J connectivity index is 1.71. The van der Waals surface area contributed by atoms with Gasteiger partial charge < -0.3 is 18.3 Å². The van der Waals surface area contributed by atoms with Gasteiger partial charge in [0.2, 0.25) is 8.32 Å². The van der Waals surface area contributed by atoms with Gasteiger partial charge in [0, 0.05) is 0 Å². The molecule has 1 N–H and O–H groups in total. The van der Waals surface area contributed by atoms with Gasteiger partial charge in [0.05, 0.1) is 17.9 Å². The molecule has 38 heavy (non-hydrogen) atoms. The molecule has 8 heteroatoms. The Morgan fingerprint density at radius 1 is 0.816 bits per heavy atom. The molecule has 0 aromatic heterocycles. The summed E-state index contributed by atoms with van der Waals surface area (Å²) in [6, 6.07) is 4.75. The second-order valence-electron chi connectivity index (χ2n) is 16.7. The number of hydrogen-bond donors (Lipinski definition) is 1. The predicted octanol–water partition coefficient (Wildman–Crippen LogP) is 9.05. The summed E-state index contributed by atoms with van der Waals surface area (Å²) in [5.74, 6) is 3.12. The summed E-state index contributed by atoms with van der Waals surface area (Å²) >= 11 is 0. The number of fused-ring (bicyclic) bond motifs is 5. The lowest BCUT2D eigenvalue weighted by Crippen LogP contribution is -2.50. The molecule has 0 unspecified atom stereocenters. The van der Waals surface area contributed by atoms with E-state index in [-0.39, 0.29) is 17.6 Å². The lowest BCUT2D eigenvalue weighted by molar-refractivity contribution is -0.0362. The molecule has 216 valence electrons. The first-order valence-electron chi connectivity index (χ1n) is 15.2. The van der Waals surface area contributed by atoms with Crippen molar-refractivity contribution in [3.63, 3.8) is 0 Å². The third kappa shape index (κ3) is 6.73. The van der Waals surface area contributed by atoms with Gasteiger partial charge in [0.1, 0.15) is 14.0 Å². The summed E-state index contributed by atoms with van der Waals surface area (Å²) in [4.78, 5) is 4.02. The zero-order valence-electron chi connectivity index (χ0n) is 26.8. The molecule has 2 saturated carbocycles. The lowest BCUT2D eigenvalue weighted by Gasteiger charge is -2.51. The van der Waals surface area contributed by atoms with Gasteiger partial charge in [-0.05, 0) is 131 Å². The first kappa shape index (κ1) is 30.6. The van der Waals surface area contributed by atoms with Crippen LogP contribution in [0.3, 0.4) is 0 Å². The highest BCUT2D eigenvalue weighted by atomic mass is 28.4. The summed E-state index contributed by atoms with van der Waals surface area (Å²) in [6.45, 7) is 30.7. The molecule has 0 aliphatic heterocycles. The Morgan fingerprint density at radius 2 is 1.45 bits per heavy atom. The monoisotopic (exact) mass is 591 g/mol. The molecule has 4 nitrogen and oxygen atoms in total. The SMILES string of the molecule is C[C@]12CC[C@@H]3c4ccc(O[Si](C)(C)C)c(N[Si](C)(C)C)c4CC[C@H]3[C@@H]1C[C@@H](O[Si](C)(C)C)[C@@H]2O[Si](C)(C)C. The number of nitrogens with one attached hydrogen (secondary N) is 1. The van der Waals surface area contributed by atoms with Gasteiger partial charge in [-0.25, -0.2) is 0 Å². The third-order valence-electron chi connectivity index (χ3n) is 8.69. The molecule has 1 aromatic rings. The van der Waals surface area contributed by atoms with Crippen LogP contribution in [0.4, 0.5) is 5.69 Å². The van der Waals surface area contributed by atoms with Gasteiger partial charge in [-0.2, -0.15) is 0 Å². The normalized spacial score (nSPS) is 31.9. The van der Waals surface area contributed by atoms with Crippen molar-refractivity contribution in [2.75, 3.05) is 4.98 Å². The van der Waals surface area contributed by atoms with Gasteiger partial charge in [0.25, 0.3) is 0 Å². The van der Waals surface area contributed by atoms with Crippen molar-refractivity contribution in [2.45, 2.75) is 136 Å². The molecule has 3 aliphatic rings. The number of hydrogen-bond acceptors (Lipinski definition) is 4. The Bertz CT molecular complexity index is 1020. The average molecular weight is 592 g/mol. The molecular formula is C30H57NO3Si4. The Labute approximate surface area is 238 Å². The van der Waals surface area contributed by atoms with Crippen LogP contribution in [0.25, 0.3) is 0 Å². The minimum atomic E-state index is -1.71. The van der Waals surface area contributed by atoms with Crippen molar-refractivity contribution < 1.29 is 13.3 Å². The average Bonchev–Trinajstić information content (AvgIpc) is 2.96. The summed E-state index contributed by atoms with van der Waals surface area (Å²) in [5, 5.41) is 0. The van der Waals surface area contributed by atoms with Gasteiger partial charge in [-0.1, -0.05) is 32.6 Å². The van der Waals surface area contributed by atoms with E-state index < -0.39 is 33.2 Å². The minimum Gasteiger partial charge on any atom is -0.543 e. The molecule has 0 heterocycles. The number of anilines is 1. The summed E-state index contributed by atoms with van der Waals surface area (Å²) in [5.41, 5.74) is 4.69. The van der Waals surface area contributed by atoms with Crippen LogP contribution in [0.1, 0.15) is 49.7 Å². The fraction of sp³-hybridized carbons (Fsp3) is 0.800. The Hall–Kier alpha value is -0.392. The highest BCUT2D eigenvalue weighted by Gasteiger charge is 2.60. The number of benzene rings is 1. The fourth-order valence-electron chi connectivity index (χ4n) is 7.67. The van der Waals surface area contributed by atoms with Crippen LogP contribution < -0.4 is 9.41 Å². The molecule has 0 radical (unpaired) electrons. The Kier molecular flexibility index (Phi) is 8.17. The van der Waals surface area contributed by atoms with E-state index in [4.69, 9.17) is 13.3 Å². The number of rotatable bonds is 8. The molecule has 0 amide bonds. The van der Waals surface area contributed by atoms with Crippen LogP contribution in [0.5, 0.6) is 5.75 Å². The van der Waals surface area contributed by atoms with Gasteiger partial charge in [-0.3, -0.25) is 0 Å². The zero-order chi connectivity index (χ0) is 28.5. The molecule has 0 spiro atoms. The summed E-state index contributed by atoms with van der Waals surface area (Å²) < 4.78 is 20.6. The second-order valence-corrected chi connectivity index (χ2v) is 34.8. The predicted molar refractivity (Wildman–Crippen MR) is 174 cm³/mol. The van der Waals surface area contributed by atoms with Crippen molar-refractivity contribution in [1.82, 2.24) is 0 Å². The zero-order valence-corrected chi connectivity index (χ0v) is 30.8. The van der Waals surface area contributed by atoms with Crippen molar-refractivity contribution in [2.24, 2.45) is 17.3 Å². The van der Waals surface area contributed by atoms with Crippen molar-refractivity contribution >= 4 is 38.9 Å². The first-order valence-corrected chi connectivity index (χ1v) is 28.9.